The number of hydrogen-bond donors (Lipinski definition) is 2. The molecule has 0 bridgehead atoms. The van der Waals surface area contributed by atoms with Gasteiger partial charge in [-0.25, -0.2) is 13.2 Å². The molecule has 0 aliphatic rings. The Hall–Kier alpha value is -1.60. The topological polar surface area (TPSA) is 101 Å². The molecule has 1 aromatic rings. The molecule has 8 heteroatoms. The van der Waals surface area contributed by atoms with E-state index in [4.69, 9.17) is 16.7 Å². The molecule has 2 N–H and O–H groups in total. The highest BCUT2D eigenvalue weighted by molar-refractivity contribution is 7.92. The number of carbonyl (C=O) groups excluding carboxylic acids is 1. The van der Waals surface area contributed by atoms with Crippen LogP contribution >= 0.6 is 11.6 Å². The Morgan fingerprint density at radius 2 is 1.85 bits per heavy atom. The second-order valence-electron chi connectivity index (χ2n) is 4.74. The van der Waals surface area contributed by atoms with Crippen LogP contribution in [-0.2, 0) is 14.6 Å². The first kappa shape index (κ1) is 16.5. The van der Waals surface area contributed by atoms with Gasteiger partial charge in [-0.15, -0.1) is 0 Å². The predicted octanol–water partition coefficient (Wildman–Crippen LogP) is 1.80. The van der Waals surface area contributed by atoms with E-state index in [1.807, 2.05) is 0 Å². The molecular formula is C12H14ClNO5S. The van der Waals surface area contributed by atoms with E-state index in [1.165, 1.54) is 32.0 Å². The molecule has 0 fully saturated rings. The molecule has 0 aromatic heterocycles. The fraction of sp³-hybridized carbons (Fsp3) is 0.333. The number of anilines is 1. The van der Waals surface area contributed by atoms with E-state index >= 15 is 0 Å². The minimum atomic E-state index is -3.59. The predicted molar refractivity (Wildman–Crippen MR) is 76.0 cm³/mol. The van der Waals surface area contributed by atoms with Gasteiger partial charge in [0.1, 0.15) is 4.75 Å². The zero-order valence-electron chi connectivity index (χ0n) is 11.1. The summed E-state index contributed by atoms with van der Waals surface area (Å²) in [5.74, 6) is -1.91. The summed E-state index contributed by atoms with van der Waals surface area (Å²) in [5, 5.41) is 11.2. The first-order valence-electron chi connectivity index (χ1n) is 5.50. The third-order valence-electron chi connectivity index (χ3n) is 2.93. The van der Waals surface area contributed by atoms with Gasteiger partial charge < -0.3 is 10.4 Å². The quantitative estimate of drug-likeness (QED) is 0.881. The lowest BCUT2D eigenvalue weighted by molar-refractivity contribution is -0.117. The van der Waals surface area contributed by atoms with Crippen LogP contribution in [0.5, 0.6) is 0 Å². The van der Waals surface area contributed by atoms with Crippen molar-refractivity contribution in [2.75, 3.05) is 11.6 Å². The minimum Gasteiger partial charge on any atom is -0.478 e. The number of rotatable bonds is 4. The molecule has 1 aromatic carbocycles. The molecule has 0 aliphatic heterocycles. The molecule has 0 unspecified atom stereocenters. The van der Waals surface area contributed by atoms with Gasteiger partial charge in [0.15, 0.2) is 9.84 Å². The van der Waals surface area contributed by atoms with Gasteiger partial charge in [-0.2, -0.15) is 0 Å². The molecule has 20 heavy (non-hydrogen) atoms. The average Bonchev–Trinajstić information content (AvgIpc) is 2.26. The lowest BCUT2D eigenvalue weighted by Crippen LogP contribution is -2.43. The molecule has 0 atom stereocenters. The SMILES string of the molecule is CC(C)(C(=O)Nc1ccc(C(=O)O)c(Cl)c1)S(C)(=O)=O. The van der Waals surface area contributed by atoms with E-state index in [0.29, 0.717) is 0 Å². The standard InChI is InChI=1S/C12H14ClNO5S/c1-12(2,20(3,18)19)11(17)14-7-4-5-8(10(15)16)9(13)6-7/h4-6H,1-3H3,(H,14,17)(H,15,16). The van der Waals surface area contributed by atoms with Gasteiger partial charge in [0.2, 0.25) is 5.91 Å². The molecule has 0 aliphatic carbocycles. The van der Waals surface area contributed by atoms with Gasteiger partial charge in [0.25, 0.3) is 0 Å². The second-order valence-corrected chi connectivity index (χ2v) is 7.71. The number of nitrogens with one attached hydrogen (secondary N) is 1. The number of aromatic carboxylic acids is 1. The first-order valence-corrected chi connectivity index (χ1v) is 7.77. The van der Waals surface area contributed by atoms with Gasteiger partial charge >= 0.3 is 5.97 Å². The zero-order valence-corrected chi connectivity index (χ0v) is 12.7. The largest absolute Gasteiger partial charge is 0.478 e. The molecule has 1 rings (SSSR count). The molecule has 0 spiro atoms. The number of halogens is 1. The van der Waals surface area contributed by atoms with Crippen LogP contribution in [0.2, 0.25) is 5.02 Å². The van der Waals surface area contributed by atoms with Gasteiger partial charge in [-0.1, -0.05) is 11.6 Å². The lowest BCUT2D eigenvalue weighted by atomic mass is 10.1. The molecule has 110 valence electrons. The summed E-state index contributed by atoms with van der Waals surface area (Å²) in [4.78, 5) is 22.8. The number of carboxylic acids is 1. The highest BCUT2D eigenvalue weighted by atomic mass is 35.5. The van der Waals surface area contributed by atoms with Crippen LogP contribution in [0.1, 0.15) is 24.2 Å². The number of carboxylic acid groups (broad SMARTS) is 1. The maximum Gasteiger partial charge on any atom is 0.337 e. The second kappa shape index (κ2) is 5.41. The Kier molecular flexibility index (Phi) is 4.45. The van der Waals surface area contributed by atoms with E-state index in [1.54, 1.807) is 0 Å². The van der Waals surface area contributed by atoms with Gasteiger partial charge in [0.05, 0.1) is 10.6 Å². The summed E-state index contributed by atoms with van der Waals surface area (Å²) in [6.07, 6.45) is 0.965. The maximum absolute atomic E-state index is 12.0. The summed E-state index contributed by atoms with van der Waals surface area (Å²) in [5.41, 5.74) is 0.119. The van der Waals surface area contributed by atoms with Crippen LogP contribution in [0.3, 0.4) is 0 Å². The number of sulfone groups is 1. The lowest BCUT2D eigenvalue weighted by Gasteiger charge is -2.21. The average molecular weight is 320 g/mol. The highest BCUT2D eigenvalue weighted by Gasteiger charge is 2.38. The summed E-state index contributed by atoms with van der Waals surface area (Å²) >= 11 is 5.76. The van der Waals surface area contributed by atoms with Gasteiger partial charge in [0, 0.05) is 11.9 Å². The van der Waals surface area contributed by atoms with E-state index in [9.17, 15) is 18.0 Å². The number of carbonyl (C=O) groups is 2. The first-order chi connectivity index (χ1) is 8.96. The summed E-state index contributed by atoms with van der Waals surface area (Å²) in [6.45, 7) is 2.57. The van der Waals surface area contributed by atoms with Crippen molar-refractivity contribution in [1.29, 1.82) is 0 Å². The molecule has 6 nitrogen and oxygen atoms in total. The molecular weight excluding hydrogens is 306 g/mol. The fourth-order valence-electron chi connectivity index (χ4n) is 1.22. The van der Waals surface area contributed by atoms with Crippen molar-refractivity contribution in [2.45, 2.75) is 18.6 Å². The van der Waals surface area contributed by atoms with Crippen molar-refractivity contribution in [3.05, 3.63) is 28.8 Å². The summed E-state index contributed by atoms with van der Waals surface area (Å²) < 4.78 is 21.5. The van der Waals surface area contributed by atoms with Crippen molar-refractivity contribution in [1.82, 2.24) is 0 Å². The molecule has 0 heterocycles. The Morgan fingerprint density at radius 1 is 1.30 bits per heavy atom. The van der Waals surface area contributed by atoms with Crippen molar-refractivity contribution in [3.8, 4) is 0 Å². The van der Waals surface area contributed by atoms with Crippen LogP contribution in [0, 0.1) is 0 Å². The Balaban J connectivity index is 3.04. The smallest absolute Gasteiger partial charge is 0.337 e. The van der Waals surface area contributed by atoms with E-state index in [-0.39, 0.29) is 16.3 Å². The zero-order chi connectivity index (χ0) is 15.7. The van der Waals surface area contributed by atoms with Crippen molar-refractivity contribution in [2.24, 2.45) is 0 Å². The van der Waals surface area contributed by atoms with E-state index in [2.05, 4.69) is 5.32 Å². The van der Waals surface area contributed by atoms with Crippen molar-refractivity contribution >= 4 is 39.0 Å². The van der Waals surface area contributed by atoms with Crippen LogP contribution < -0.4 is 5.32 Å². The van der Waals surface area contributed by atoms with Crippen LogP contribution in [0.15, 0.2) is 18.2 Å². The third-order valence-corrected chi connectivity index (χ3v) is 5.28. The Labute approximate surface area is 121 Å². The van der Waals surface area contributed by atoms with Crippen molar-refractivity contribution in [3.63, 3.8) is 0 Å². The minimum absolute atomic E-state index is 0.0486. The van der Waals surface area contributed by atoms with Gasteiger partial charge in [-0.3, -0.25) is 4.79 Å². The Morgan fingerprint density at radius 3 is 2.25 bits per heavy atom. The molecule has 0 saturated carbocycles. The van der Waals surface area contributed by atoms with Crippen LogP contribution in [0.25, 0.3) is 0 Å². The van der Waals surface area contributed by atoms with Gasteiger partial charge in [-0.05, 0) is 32.0 Å². The summed E-state index contributed by atoms with van der Waals surface area (Å²) in [6, 6.07) is 3.82. The molecule has 0 saturated heterocycles. The van der Waals surface area contributed by atoms with E-state index in [0.717, 1.165) is 6.26 Å². The highest BCUT2D eigenvalue weighted by Crippen LogP contribution is 2.23. The number of benzene rings is 1. The normalized spacial score (nSPS) is 12.0. The Bertz CT molecular complexity index is 666. The van der Waals surface area contributed by atoms with Crippen LogP contribution in [-0.4, -0.2) is 36.4 Å². The van der Waals surface area contributed by atoms with Crippen LogP contribution in [0.4, 0.5) is 5.69 Å². The fourth-order valence-corrected chi connectivity index (χ4v) is 1.87. The van der Waals surface area contributed by atoms with Crippen molar-refractivity contribution < 1.29 is 23.1 Å². The van der Waals surface area contributed by atoms with E-state index < -0.39 is 26.5 Å². The number of amides is 1. The monoisotopic (exact) mass is 319 g/mol. The number of hydrogen-bond acceptors (Lipinski definition) is 4. The molecule has 1 amide bonds. The summed E-state index contributed by atoms with van der Waals surface area (Å²) in [7, 11) is -3.59. The third kappa shape index (κ3) is 3.29. The maximum atomic E-state index is 12.0. The molecule has 0 radical (unpaired) electrons.